The van der Waals surface area contributed by atoms with Gasteiger partial charge in [-0.2, -0.15) is 0 Å². The predicted molar refractivity (Wildman–Crippen MR) is 88.9 cm³/mol. The number of amides is 1. The molecule has 0 spiro atoms. The van der Waals surface area contributed by atoms with Crippen LogP contribution in [0.15, 0.2) is 29.1 Å². The highest BCUT2D eigenvalue weighted by molar-refractivity contribution is 5.77. The Balaban J connectivity index is 2.05. The highest BCUT2D eigenvalue weighted by Crippen LogP contribution is 2.14. The fourth-order valence-electron chi connectivity index (χ4n) is 2.36. The molecule has 1 heterocycles. The van der Waals surface area contributed by atoms with Gasteiger partial charge in [-0.15, -0.1) is 5.10 Å². The number of hydrogen-bond acceptors (Lipinski definition) is 5. The number of carbonyl (C=O) groups excluding carboxylic acids is 1. The summed E-state index contributed by atoms with van der Waals surface area (Å²) in [6, 6.07) is 7.03. The minimum atomic E-state index is -0.228. The maximum atomic E-state index is 12.3. The second kappa shape index (κ2) is 6.87. The average molecular weight is 317 g/mol. The molecule has 0 aliphatic rings. The molecule has 7 nitrogen and oxygen atoms in total. The van der Waals surface area contributed by atoms with Crippen molar-refractivity contribution in [1.29, 1.82) is 0 Å². The van der Waals surface area contributed by atoms with Crippen molar-refractivity contribution in [3.8, 4) is 0 Å². The van der Waals surface area contributed by atoms with Crippen molar-refractivity contribution in [2.75, 3.05) is 20.1 Å². The minimum Gasteiger partial charge on any atom is -0.345 e. The summed E-state index contributed by atoms with van der Waals surface area (Å²) in [5, 5.41) is 8.41. The van der Waals surface area contributed by atoms with E-state index < -0.39 is 0 Å². The first-order valence-corrected chi connectivity index (χ1v) is 7.60. The van der Waals surface area contributed by atoms with Gasteiger partial charge in [0.1, 0.15) is 5.52 Å². The molecule has 0 radical (unpaired) electrons. The van der Waals surface area contributed by atoms with Crippen LogP contribution in [0.4, 0.5) is 0 Å². The molecule has 2 rings (SSSR count). The molecule has 1 aromatic heterocycles. The Labute approximate surface area is 135 Å². The number of carbonyl (C=O) groups is 1. The summed E-state index contributed by atoms with van der Waals surface area (Å²) in [4.78, 5) is 26.2. The lowest BCUT2D eigenvalue weighted by atomic mass is 9.93. The zero-order chi connectivity index (χ0) is 17.0. The molecule has 124 valence electrons. The van der Waals surface area contributed by atoms with Gasteiger partial charge in [0, 0.05) is 20.0 Å². The summed E-state index contributed by atoms with van der Waals surface area (Å²) in [7, 11) is 1.74. The van der Waals surface area contributed by atoms with Gasteiger partial charge in [0.2, 0.25) is 5.91 Å². The van der Waals surface area contributed by atoms with Crippen LogP contribution in [0, 0.1) is 5.41 Å². The molecule has 0 aliphatic heterocycles. The first-order chi connectivity index (χ1) is 10.8. The summed E-state index contributed by atoms with van der Waals surface area (Å²) in [6.07, 6.45) is 0.198. The molecule has 0 saturated carbocycles. The molecule has 23 heavy (non-hydrogen) atoms. The molecule has 1 amide bonds. The van der Waals surface area contributed by atoms with E-state index in [1.54, 1.807) is 36.2 Å². The smallest absolute Gasteiger partial charge is 0.277 e. The number of aromatic nitrogens is 3. The van der Waals surface area contributed by atoms with E-state index in [-0.39, 0.29) is 29.8 Å². The number of rotatable bonds is 6. The number of nitrogens with zero attached hydrogens (tertiary/aromatic N) is 4. The highest BCUT2D eigenvalue weighted by Gasteiger charge is 2.21. The SMILES string of the molecule is CN(CC(C)(C)CN)C(=O)CCn1nnc2ccccc2c1=O. The van der Waals surface area contributed by atoms with Crippen LogP contribution in [0.25, 0.3) is 10.9 Å². The molecule has 0 aliphatic carbocycles. The zero-order valence-corrected chi connectivity index (χ0v) is 13.8. The lowest BCUT2D eigenvalue weighted by molar-refractivity contribution is -0.131. The molecule has 0 atom stereocenters. The topological polar surface area (TPSA) is 94.1 Å². The number of aryl methyl sites for hydroxylation is 1. The number of fused-ring (bicyclic) bond motifs is 1. The fourth-order valence-corrected chi connectivity index (χ4v) is 2.36. The zero-order valence-electron chi connectivity index (χ0n) is 13.8. The number of benzene rings is 1. The fraction of sp³-hybridized carbons (Fsp3) is 0.500. The molecular weight excluding hydrogens is 294 g/mol. The molecule has 0 bridgehead atoms. The van der Waals surface area contributed by atoms with Crippen LogP contribution < -0.4 is 11.3 Å². The Hall–Kier alpha value is -2.28. The molecule has 0 fully saturated rings. The van der Waals surface area contributed by atoms with Gasteiger partial charge in [-0.3, -0.25) is 9.59 Å². The molecule has 0 saturated heterocycles. The van der Waals surface area contributed by atoms with Crippen LogP contribution in [0.5, 0.6) is 0 Å². The maximum absolute atomic E-state index is 12.3. The van der Waals surface area contributed by atoms with Gasteiger partial charge in [0.05, 0.1) is 11.9 Å². The van der Waals surface area contributed by atoms with Crippen LogP contribution in [0.2, 0.25) is 0 Å². The van der Waals surface area contributed by atoms with Crippen molar-refractivity contribution in [3.63, 3.8) is 0 Å². The van der Waals surface area contributed by atoms with Crippen molar-refractivity contribution >= 4 is 16.8 Å². The van der Waals surface area contributed by atoms with Crippen molar-refractivity contribution in [3.05, 3.63) is 34.6 Å². The molecule has 2 aromatic rings. The summed E-state index contributed by atoms with van der Waals surface area (Å²) in [5.74, 6) is -0.0478. The van der Waals surface area contributed by atoms with E-state index in [0.717, 1.165) is 0 Å². The van der Waals surface area contributed by atoms with Gasteiger partial charge in [-0.1, -0.05) is 31.2 Å². The molecular formula is C16H23N5O2. The quantitative estimate of drug-likeness (QED) is 0.843. The first kappa shape index (κ1) is 17.1. The monoisotopic (exact) mass is 317 g/mol. The Morgan fingerprint density at radius 1 is 1.35 bits per heavy atom. The van der Waals surface area contributed by atoms with Crippen LogP contribution in [0.3, 0.4) is 0 Å². The second-order valence-corrected chi connectivity index (χ2v) is 6.50. The Morgan fingerprint density at radius 3 is 2.74 bits per heavy atom. The summed E-state index contributed by atoms with van der Waals surface area (Å²) in [6.45, 7) is 5.30. The lowest BCUT2D eigenvalue weighted by Gasteiger charge is -2.29. The number of hydrogen-bond donors (Lipinski definition) is 1. The van der Waals surface area contributed by atoms with Crippen LogP contribution >= 0.6 is 0 Å². The molecule has 7 heteroatoms. The van der Waals surface area contributed by atoms with Crippen molar-refractivity contribution in [2.24, 2.45) is 11.1 Å². The number of nitrogens with two attached hydrogens (primary N) is 1. The normalized spacial score (nSPS) is 11.7. The molecule has 0 unspecified atom stereocenters. The summed E-state index contributed by atoms with van der Waals surface area (Å²) >= 11 is 0. The minimum absolute atomic E-state index is 0.0478. The van der Waals surface area contributed by atoms with E-state index >= 15 is 0 Å². The van der Waals surface area contributed by atoms with Crippen molar-refractivity contribution < 1.29 is 4.79 Å². The van der Waals surface area contributed by atoms with E-state index in [9.17, 15) is 9.59 Å². The predicted octanol–water partition coefficient (Wildman–Crippen LogP) is 0.625. The highest BCUT2D eigenvalue weighted by atomic mass is 16.2. The van der Waals surface area contributed by atoms with E-state index in [4.69, 9.17) is 5.73 Å². The third kappa shape index (κ3) is 4.13. The van der Waals surface area contributed by atoms with Gasteiger partial charge in [0.15, 0.2) is 0 Å². The van der Waals surface area contributed by atoms with Gasteiger partial charge < -0.3 is 10.6 Å². The van der Waals surface area contributed by atoms with Gasteiger partial charge in [-0.05, 0) is 24.1 Å². The van der Waals surface area contributed by atoms with Crippen molar-refractivity contribution in [2.45, 2.75) is 26.8 Å². The second-order valence-electron chi connectivity index (χ2n) is 6.50. The molecule has 2 N–H and O–H groups in total. The van der Waals surface area contributed by atoms with Gasteiger partial charge in [0.25, 0.3) is 5.56 Å². The largest absolute Gasteiger partial charge is 0.345 e. The van der Waals surface area contributed by atoms with Gasteiger partial charge >= 0.3 is 0 Å². The van der Waals surface area contributed by atoms with Crippen LogP contribution in [0.1, 0.15) is 20.3 Å². The van der Waals surface area contributed by atoms with Crippen molar-refractivity contribution in [1.82, 2.24) is 19.9 Å². The van der Waals surface area contributed by atoms with Gasteiger partial charge in [-0.25, -0.2) is 4.68 Å². The van der Waals surface area contributed by atoms with E-state index in [2.05, 4.69) is 10.3 Å². The van der Waals surface area contributed by atoms with E-state index in [1.165, 1.54) is 4.68 Å². The first-order valence-electron chi connectivity index (χ1n) is 7.60. The third-order valence-corrected chi connectivity index (χ3v) is 3.81. The average Bonchev–Trinajstić information content (AvgIpc) is 2.53. The Morgan fingerprint density at radius 2 is 2.04 bits per heavy atom. The van der Waals surface area contributed by atoms with Crippen LogP contribution in [-0.4, -0.2) is 45.9 Å². The summed E-state index contributed by atoms with van der Waals surface area (Å²) in [5.41, 5.74) is 5.88. The third-order valence-electron chi connectivity index (χ3n) is 3.81. The Kier molecular flexibility index (Phi) is 5.10. The van der Waals surface area contributed by atoms with E-state index in [1.807, 2.05) is 13.8 Å². The maximum Gasteiger partial charge on any atom is 0.277 e. The standard InChI is InChI=1S/C16H23N5O2/c1-16(2,10-17)11-20(3)14(22)8-9-21-15(23)12-6-4-5-7-13(12)18-19-21/h4-7H,8-11,17H2,1-3H3. The summed E-state index contributed by atoms with van der Waals surface area (Å²) < 4.78 is 1.24. The van der Waals surface area contributed by atoms with E-state index in [0.29, 0.717) is 24.0 Å². The van der Waals surface area contributed by atoms with Crippen LogP contribution in [-0.2, 0) is 11.3 Å². The Bertz CT molecular complexity index is 753. The lowest BCUT2D eigenvalue weighted by Crippen LogP contribution is -2.40. The molecule has 1 aromatic carbocycles.